The molecule has 0 aromatic heterocycles. The van der Waals surface area contributed by atoms with Crippen molar-refractivity contribution in [1.82, 2.24) is 4.90 Å². The first-order chi connectivity index (χ1) is 10.0. The standard InChI is InChI=1S/C16H25BrN2O2/c1-13(9-10-18)3-8-16(20)19(2)11-12-21-15-6-4-14(17)5-7-15/h4-7,13H,3,8-12,18H2,1-2H3. The SMILES string of the molecule is CC(CCN)CCC(=O)N(C)CCOc1ccc(Br)cc1. The number of ether oxygens (including phenoxy) is 1. The molecule has 0 saturated heterocycles. The number of nitrogens with two attached hydrogens (primary N) is 1. The Morgan fingerprint density at radius 2 is 2.00 bits per heavy atom. The topological polar surface area (TPSA) is 55.6 Å². The minimum atomic E-state index is 0.165. The molecule has 21 heavy (non-hydrogen) atoms. The smallest absolute Gasteiger partial charge is 0.222 e. The van der Waals surface area contributed by atoms with E-state index in [0.717, 1.165) is 23.1 Å². The van der Waals surface area contributed by atoms with Crippen LogP contribution in [0.3, 0.4) is 0 Å². The molecule has 0 bridgehead atoms. The van der Waals surface area contributed by atoms with E-state index in [4.69, 9.17) is 10.5 Å². The molecule has 0 saturated carbocycles. The molecule has 1 rings (SSSR count). The van der Waals surface area contributed by atoms with E-state index in [0.29, 0.717) is 32.0 Å². The average molecular weight is 357 g/mol. The van der Waals surface area contributed by atoms with Crippen molar-refractivity contribution >= 4 is 21.8 Å². The zero-order valence-corrected chi connectivity index (χ0v) is 14.4. The number of carbonyl (C=O) groups excluding carboxylic acids is 1. The molecule has 0 fully saturated rings. The molecule has 1 aromatic carbocycles. The lowest BCUT2D eigenvalue weighted by Gasteiger charge is -2.18. The van der Waals surface area contributed by atoms with Crippen molar-refractivity contribution in [3.63, 3.8) is 0 Å². The molecule has 0 spiro atoms. The fourth-order valence-corrected chi connectivity index (χ4v) is 2.21. The van der Waals surface area contributed by atoms with E-state index in [9.17, 15) is 4.79 Å². The second-order valence-corrected chi connectivity index (χ2v) is 6.25. The lowest BCUT2D eigenvalue weighted by Crippen LogP contribution is -2.31. The maximum atomic E-state index is 12.0. The van der Waals surface area contributed by atoms with Crippen molar-refractivity contribution in [2.75, 3.05) is 26.7 Å². The highest BCUT2D eigenvalue weighted by Gasteiger charge is 2.10. The minimum Gasteiger partial charge on any atom is -0.492 e. The summed E-state index contributed by atoms with van der Waals surface area (Å²) in [4.78, 5) is 13.7. The maximum absolute atomic E-state index is 12.0. The summed E-state index contributed by atoms with van der Waals surface area (Å²) in [5.74, 6) is 1.49. The summed E-state index contributed by atoms with van der Waals surface area (Å²) in [6.45, 7) is 3.92. The average Bonchev–Trinajstić information content (AvgIpc) is 2.47. The van der Waals surface area contributed by atoms with Gasteiger partial charge in [0.2, 0.25) is 5.91 Å². The Morgan fingerprint density at radius 1 is 1.33 bits per heavy atom. The van der Waals surface area contributed by atoms with Gasteiger partial charge in [0.15, 0.2) is 0 Å². The normalized spacial score (nSPS) is 12.0. The van der Waals surface area contributed by atoms with Gasteiger partial charge in [-0.1, -0.05) is 22.9 Å². The molecular formula is C16H25BrN2O2. The van der Waals surface area contributed by atoms with Crippen LogP contribution in [-0.2, 0) is 4.79 Å². The quantitative estimate of drug-likeness (QED) is 0.739. The number of rotatable bonds is 9. The molecule has 0 aliphatic rings. The zero-order valence-electron chi connectivity index (χ0n) is 12.8. The Hall–Kier alpha value is -1.07. The fraction of sp³-hybridized carbons (Fsp3) is 0.562. The molecule has 1 unspecified atom stereocenters. The summed E-state index contributed by atoms with van der Waals surface area (Å²) in [6, 6.07) is 7.67. The number of hydrogen-bond acceptors (Lipinski definition) is 3. The van der Waals surface area contributed by atoms with E-state index in [1.807, 2.05) is 31.3 Å². The summed E-state index contributed by atoms with van der Waals surface area (Å²) < 4.78 is 6.64. The molecule has 1 amide bonds. The third-order valence-electron chi connectivity index (χ3n) is 3.45. The Kier molecular flexibility index (Phi) is 8.38. The third kappa shape index (κ3) is 7.48. The summed E-state index contributed by atoms with van der Waals surface area (Å²) in [6.07, 6.45) is 2.45. The second-order valence-electron chi connectivity index (χ2n) is 5.34. The van der Waals surface area contributed by atoms with Crippen molar-refractivity contribution < 1.29 is 9.53 Å². The van der Waals surface area contributed by atoms with Crippen LogP contribution in [0.4, 0.5) is 0 Å². The van der Waals surface area contributed by atoms with Crippen LogP contribution in [0.2, 0.25) is 0 Å². The highest BCUT2D eigenvalue weighted by molar-refractivity contribution is 9.10. The van der Waals surface area contributed by atoms with Crippen LogP contribution < -0.4 is 10.5 Å². The van der Waals surface area contributed by atoms with Crippen LogP contribution in [0, 0.1) is 5.92 Å². The number of nitrogens with zero attached hydrogens (tertiary/aromatic N) is 1. The first-order valence-corrected chi connectivity index (χ1v) is 8.14. The van der Waals surface area contributed by atoms with Crippen molar-refractivity contribution in [3.05, 3.63) is 28.7 Å². The van der Waals surface area contributed by atoms with E-state index < -0.39 is 0 Å². The molecule has 0 aliphatic heterocycles. The van der Waals surface area contributed by atoms with E-state index >= 15 is 0 Å². The van der Waals surface area contributed by atoms with Gasteiger partial charge in [0.05, 0.1) is 6.54 Å². The molecule has 1 atom stereocenters. The first-order valence-electron chi connectivity index (χ1n) is 7.35. The van der Waals surface area contributed by atoms with Crippen LogP contribution in [-0.4, -0.2) is 37.6 Å². The Bertz CT molecular complexity index is 423. The number of hydrogen-bond donors (Lipinski definition) is 1. The number of halogens is 1. The van der Waals surface area contributed by atoms with Crippen LogP contribution in [0.1, 0.15) is 26.2 Å². The predicted octanol–water partition coefficient (Wildman–Crippen LogP) is 3.05. The lowest BCUT2D eigenvalue weighted by atomic mass is 10.0. The summed E-state index contributed by atoms with van der Waals surface area (Å²) >= 11 is 3.38. The molecule has 1 aromatic rings. The Balaban J connectivity index is 2.21. The van der Waals surface area contributed by atoms with E-state index in [-0.39, 0.29) is 5.91 Å². The molecule has 4 nitrogen and oxygen atoms in total. The fourth-order valence-electron chi connectivity index (χ4n) is 1.95. The van der Waals surface area contributed by atoms with Crippen LogP contribution in [0.5, 0.6) is 5.75 Å². The van der Waals surface area contributed by atoms with E-state index in [2.05, 4.69) is 22.9 Å². The van der Waals surface area contributed by atoms with Crippen LogP contribution >= 0.6 is 15.9 Å². The monoisotopic (exact) mass is 356 g/mol. The number of amides is 1. The van der Waals surface area contributed by atoms with Gasteiger partial charge >= 0.3 is 0 Å². The van der Waals surface area contributed by atoms with Gasteiger partial charge in [-0.05, 0) is 49.6 Å². The number of benzene rings is 1. The predicted molar refractivity (Wildman–Crippen MR) is 89.3 cm³/mol. The highest BCUT2D eigenvalue weighted by Crippen LogP contribution is 2.16. The first kappa shape index (κ1) is 18.0. The van der Waals surface area contributed by atoms with E-state index in [1.165, 1.54) is 0 Å². The Morgan fingerprint density at radius 3 is 2.62 bits per heavy atom. The van der Waals surface area contributed by atoms with Crippen LogP contribution in [0.25, 0.3) is 0 Å². The van der Waals surface area contributed by atoms with Gasteiger partial charge in [0.1, 0.15) is 12.4 Å². The highest BCUT2D eigenvalue weighted by atomic mass is 79.9. The van der Waals surface area contributed by atoms with Crippen molar-refractivity contribution in [2.45, 2.75) is 26.2 Å². The molecule has 5 heteroatoms. The largest absolute Gasteiger partial charge is 0.492 e. The summed E-state index contributed by atoms with van der Waals surface area (Å²) in [5, 5.41) is 0. The molecular weight excluding hydrogens is 332 g/mol. The summed E-state index contributed by atoms with van der Waals surface area (Å²) in [7, 11) is 1.82. The number of likely N-dealkylation sites (N-methyl/N-ethyl adjacent to an activating group) is 1. The van der Waals surface area contributed by atoms with Gasteiger partial charge in [0.25, 0.3) is 0 Å². The molecule has 2 N–H and O–H groups in total. The maximum Gasteiger partial charge on any atom is 0.222 e. The molecule has 0 heterocycles. The molecule has 0 aliphatic carbocycles. The van der Waals surface area contributed by atoms with Gasteiger partial charge in [0, 0.05) is 17.9 Å². The third-order valence-corrected chi connectivity index (χ3v) is 3.97. The minimum absolute atomic E-state index is 0.165. The zero-order chi connectivity index (χ0) is 15.7. The van der Waals surface area contributed by atoms with Crippen molar-refractivity contribution in [2.24, 2.45) is 11.7 Å². The Labute approximate surface area is 135 Å². The summed E-state index contributed by atoms with van der Waals surface area (Å²) in [5.41, 5.74) is 5.51. The van der Waals surface area contributed by atoms with Gasteiger partial charge in [-0.3, -0.25) is 4.79 Å². The second kappa shape index (κ2) is 9.79. The van der Waals surface area contributed by atoms with E-state index in [1.54, 1.807) is 4.90 Å². The van der Waals surface area contributed by atoms with Gasteiger partial charge < -0.3 is 15.4 Å². The lowest BCUT2D eigenvalue weighted by molar-refractivity contribution is -0.130. The molecule has 118 valence electrons. The van der Waals surface area contributed by atoms with Gasteiger partial charge in [-0.25, -0.2) is 0 Å². The molecule has 0 radical (unpaired) electrons. The van der Waals surface area contributed by atoms with Crippen molar-refractivity contribution in [3.8, 4) is 5.75 Å². The van der Waals surface area contributed by atoms with Crippen molar-refractivity contribution in [1.29, 1.82) is 0 Å². The van der Waals surface area contributed by atoms with Crippen LogP contribution in [0.15, 0.2) is 28.7 Å². The van der Waals surface area contributed by atoms with Gasteiger partial charge in [-0.2, -0.15) is 0 Å². The van der Waals surface area contributed by atoms with Gasteiger partial charge in [-0.15, -0.1) is 0 Å². The number of carbonyl (C=O) groups is 1.